The molecule has 0 aliphatic carbocycles. The number of sulfonamides is 1. The second-order valence-electron chi connectivity index (χ2n) is 7.01. The topological polar surface area (TPSA) is 197 Å². The Kier molecular flexibility index (Phi) is 9.01. The summed E-state index contributed by atoms with van der Waals surface area (Å²) in [6, 6.07) is 4.01. The molecule has 0 aliphatic heterocycles. The van der Waals surface area contributed by atoms with Gasteiger partial charge < -0.3 is 27.1 Å². The van der Waals surface area contributed by atoms with Crippen LogP contribution in [-0.4, -0.2) is 55.4 Å². The van der Waals surface area contributed by atoms with E-state index in [-0.39, 0.29) is 23.8 Å². The zero-order valence-electron chi connectivity index (χ0n) is 17.7. The summed E-state index contributed by atoms with van der Waals surface area (Å²) < 4.78 is 26.8. The normalized spacial score (nSPS) is 11.9. The van der Waals surface area contributed by atoms with Gasteiger partial charge in [-0.1, -0.05) is 17.7 Å². The number of nitrogens with two attached hydrogens (primary N) is 2. The second kappa shape index (κ2) is 11.7. The van der Waals surface area contributed by atoms with Crippen LogP contribution in [0.5, 0.6) is 0 Å². The molecule has 0 radical (unpaired) electrons. The summed E-state index contributed by atoms with van der Waals surface area (Å²) in [7, 11) is -4.09. The zero-order chi connectivity index (χ0) is 23.6. The van der Waals surface area contributed by atoms with Crippen LogP contribution in [0.3, 0.4) is 0 Å². The molecule has 2 aromatic rings. The van der Waals surface area contributed by atoms with Crippen molar-refractivity contribution < 1.29 is 18.0 Å². The standard InChI is InChI=1S/C19H28N8O4S/c1-13-4-6-15(7-5-13)32(30,31)27-19(29)26-16(3-2-9-24-18(20)21)17(28)23-10-8-14-11-22-12-25-14/h4-7,11-12,16H,2-3,8-10H2,1H3,(H,22,25)(H,23,28)(H4,20,21,24)(H2,26,27,29)/t16-/m0/s1. The highest BCUT2D eigenvalue weighted by molar-refractivity contribution is 7.90. The number of aryl methyl sites for hydroxylation is 1. The number of aromatic nitrogens is 2. The van der Waals surface area contributed by atoms with Crippen molar-refractivity contribution in [2.75, 3.05) is 13.1 Å². The molecule has 8 N–H and O–H groups in total. The number of carbonyl (C=O) groups excluding carboxylic acids is 2. The first-order valence-electron chi connectivity index (χ1n) is 9.87. The maximum Gasteiger partial charge on any atom is 0.329 e. The highest BCUT2D eigenvalue weighted by Gasteiger charge is 2.23. The van der Waals surface area contributed by atoms with Gasteiger partial charge in [-0.2, -0.15) is 0 Å². The number of aliphatic imine (C=N–C) groups is 1. The van der Waals surface area contributed by atoms with Gasteiger partial charge in [0, 0.05) is 31.4 Å². The number of nitrogens with one attached hydrogen (secondary N) is 4. The first-order valence-corrected chi connectivity index (χ1v) is 11.4. The number of carbonyl (C=O) groups is 2. The molecule has 1 atom stereocenters. The molecule has 3 amide bonds. The van der Waals surface area contributed by atoms with Gasteiger partial charge in [0.05, 0.1) is 11.2 Å². The monoisotopic (exact) mass is 464 g/mol. The Bertz CT molecular complexity index is 1020. The number of hydrogen-bond donors (Lipinski definition) is 6. The number of benzene rings is 1. The quantitative estimate of drug-likeness (QED) is 0.146. The van der Waals surface area contributed by atoms with E-state index in [0.717, 1.165) is 11.3 Å². The van der Waals surface area contributed by atoms with E-state index in [2.05, 4.69) is 25.6 Å². The fourth-order valence-corrected chi connectivity index (χ4v) is 3.64. The maximum absolute atomic E-state index is 12.6. The van der Waals surface area contributed by atoms with E-state index >= 15 is 0 Å². The summed E-state index contributed by atoms with van der Waals surface area (Å²) in [6.45, 7) is 2.37. The fourth-order valence-electron chi connectivity index (χ4n) is 2.72. The third-order valence-electron chi connectivity index (χ3n) is 4.37. The summed E-state index contributed by atoms with van der Waals surface area (Å²) in [5.41, 5.74) is 12.3. The summed E-state index contributed by atoms with van der Waals surface area (Å²) in [4.78, 5) is 35.5. The van der Waals surface area contributed by atoms with Crippen LogP contribution in [0.25, 0.3) is 0 Å². The van der Waals surface area contributed by atoms with Gasteiger partial charge in [0.15, 0.2) is 5.96 Å². The van der Waals surface area contributed by atoms with E-state index in [9.17, 15) is 18.0 Å². The molecule has 32 heavy (non-hydrogen) atoms. The van der Waals surface area contributed by atoms with E-state index in [1.807, 2.05) is 11.6 Å². The number of nitrogens with zero attached hydrogens (tertiary/aromatic N) is 2. The minimum absolute atomic E-state index is 0.0634. The molecule has 13 heteroatoms. The average Bonchev–Trinajstić information content (AvgIpc) is 3.23. The lowest BCUT2D eigenvalue weighted by Crippen LogP contribution is -2.51. The summed E-state index contributed by atoms with van der Waals surface area (Å²) in [6.07, 6.45) is 4.27. The minimum Gasteiger partial charge on any atom is -0.370 e. The number of rotatable bonds is 11. The van der Waals surface area contributed by atoms with Crippen LogP contribution in [0.1, 0.15) is 24.1 Å². The van der Waals surface area contributed by atoms with Gasteiger partial charge in [0.25, 0.3) is 10.0 Å². The van der Waals surface area contributed by atoms with Crippen LogP contribution >= 0.6 is 0 Å². The molecule has 0 spiro atoms. The predicted octanol–water partition coefficient (Wildman–Crippen LogP) is -0.513. The third-order valence-corrected chi connectivity index (χ3v) is 5.72. The number of hydrogen-bond acceptors (Lipinski definition) is 6. The van der Waals surface area contributed by atoms with Crippen LogP contribution in [0.15, 0.2) is 46.7 Å². The Morgan fingerprint density at radius 2 is 1.94 bits per heavy atom. The van der Waals surface area contributed by atoms with E-state index in [0.29, 0.717) is 19.4 Å². The van der Waals surface area contributed by atoms with Crippen molar-refractivity contribution in [3.63, 3.8) is 0 Å². The molecule has 1 aromatic carbocycles. The Morgan fingerprint density at radius 1 is 1.22 bits per heavy atom. The average molecular weight is 465 g/mol. The molecule has 0 aliphatic rings. The van der Waals surface area contributed by atoms with Crippen molar-refractivity contribution in [2.45, 2.75) is 37.1 Å². The molecule has 1 aromatic heterocycles. The molecule has 12 nitrogen and oxygen atoms in total. The molecular formula is C19H28N8O4S. The number of amides is 3. The Labute approximate surface area is 186 Å². The number of H-pyrrole nitrogens is 1. The van der Waals surface area contributed by atoms with Crippen molar-refractivity contribution in [3.8, 4) is 0 Å². The minimum atomic E-state index is -4.09. The van der Waals surface area contributed by atoms with Crippen LogP contribution in [0.4, 0.5) is 4.79 Å². The molecule has 0 saturated carbocycles. The smallest absolute Gasteiger partial charge is 0.329 e. The summed E-state index contributed by atoms with van der Waals surface area (Å²) >= 11 is 0. The zero-order valence-corrected chi connectivity index (χ0v) is 18.5. The van der Waals surface area contributed by atoms with Crippen molar-refractivity contribution >= 4 is 27.9 Å². The van der Waals surface area contributed by atoms with Gasteiger partial charge in [-0.05, 0) is 31.9 Å². The first kappa shape index (κ1) is 24.7. The van der Waals surface area contributed by atoms with Crippen molar-refractivity contribution in [2.24, 2.45) is 16.5 Å². The maximum atomic E-state index is 12.6. The lowest BCUT2D eigenvalue weighted by Gasteiger charge is -2.18. The number of guanidine groups is 1. The van der Waals surface area contributed by atoms with E-state index < -0.39 is 28.0 Å². The molecular weight excluding hydrogens is 436 g/mol. The van der Waals surface area contributed by atoms with Gasteiger partial charge in [-0.25, -0.2) is 22.9 Å². The van der Waals surface area contributed by atoms with E-state index in [4.69, 9.17) is 11.5 Å². The van der Waals surface area contributed by atoms with Gasteiger partial charge in [0.1, 0.15) is 6.04 Å². The highest BCUT2D eigenvalue weighted by atomic mass is 32.2. The van der Waals surface area contributed by atoms with Crippen molar-refractivity contribution in [1.29, 1.82) is 0 Å². The molecule has 0 saturated heterocycles. The van der Waals surface area contributed by atoms with Crippen molar-refractivity contribution in [1.82, 2.24) is 25.3 Å². The SMILES string of the molecule is Cc1ccc(S(=O)(=O)NC(=O)N[C@@H](CCCN=C(N)N)C(=O)NCCc2cnc[nH]2)cc1. The second-order valence-corrected chi connectivity index (χ2v) is 8.69. The van der Waals surface area contributed by atoms with E-state index in [1.165, 1.54) is 18.5 Å². The Hall–Kier alpha value is -3.61. The Balaban J connectivity index is 1.98. The fraction of sp³-hybridized carbons (Fsp3) is 0.368. The molecule has 1 heterocycles. The lowest BCUT2D eigenvalue weighted by molar-refractivity contribution is -0.123. The summed E-state index contributed by atoms with van der Waals surface area (Å²) in [5, 5.41) is 5.13. The van der Waals surface area contributed by atoms with E-state index in [1.54, 1.807) is 18.3 Å². The van der Waals surface area contributed by atoms with Gasteiger partial charge in [-0.15, -0.1) is 0 Å². The largest absolute Gasteiger partial charge is 0.370 e. The lowest BCUT2D eigenvalue weighted by atomic mass is 10.1. The molecule has 0 bridgehead atoms. The van der Waals surface area contributed by atoms with Gasteiger partial charge in [-0.3, -0.25) is 9.79 Å². The molecule has 2 rings (SSSR count). The van der Waals surface area contributed by atoms with Crippen LogP contribution in [0.2, 0.25) is 0 Å². The van der Waals surface area contributed by atoms with Gasteiger partial charge >= 0.3 is 6.03 Å². The van der Waals surface area contributed by atoms with Crippen LogP contribution in [0, 0.1) is 6.92 Å². The number of aromatic amines is 1. The van der Waals surface area contributed by atoms with Gasteiger partial charge in [0.2, 0.25) is 5.91 Å². The van der Waals surface area contributed by atoms with Crippen LogP contribution in [-0.2, 0) is 21.2 Å². The first-order chi connectivity index (χ1) is 15.2. The highest BCUT2D eigenvalue weighted by Crippen LogP contribution is 2.10. The molecule has 174 valence electrons. The number of urea groups is 1. The molecule has 0 unspecified atom stereocenters. The number of imidazole rings is 1. The van der Waals surface area contributed by atoms with Crippen molar-refractivity contribution in [3.05, 3.63) is 48.0 Å². The third kappa shape index (κ3) is 8.26. The Morgan fingerprint density at radius 3 is 2.56 bits per heavy atom. The summed E-state index contributed by atoms with van der Waals surface area (Å²) in [5.74, 6) is -0.544. The predicted molar refractivity (Wildman–Crippen MR) is 119 cm³/mol. The molecule has 0 fully saturated rings. The van der Waals surface area contributed by atoms with Crippen LogP contribution < -0.4 is 26.8 Å².